The van der Waals surface area contributed by atoms with E-state index in [4.69, 9.17) is 4.74 Å². The Morgan fingerprint density at radius 2 is 1.33 bits per heavy atom. The van der Waals surface area contributed by atoms with Crippen LogP contribution in [0.3, 0.4) is 0 Å². The number of carbonyl (C=O) groups is 2. The smallest absolute Gasteiger partial charge is 0.333 e. The van der Waals surface area contributed by atoms with E-state index in [2.05, 4.69) is 16.8 Å². The van der Waals surface area contributed by atoms with Crippen molar-refractivity contribution in [1.29, 1.82) is 0 Å². The van der Waals surface area contributed by atoms with E-state index in [0.717, 1.165) is 17.1 Å². The van der Waals surface area contributed by atoms with Crippen molar-refractivity contribution in [3.8, 4) is 0 Å². The van der Waals surface area contributed by atoms with Gasteiger partial charge in [-0.05, 0) is 55.5 Å². The Morgan fingerprint density at radius 3 is 1.83 bits per heavy atom. The molecule has 0 radical (unpaired) electrons. The van der Waals surface area contributed by atoms with Crippen molar-refractivity contribution in [1.82, 2.24) is 5.32 Å². The number of esters is 1. The van der Waals surface area contributed by atoms with E-state index in [0.29, 0.717) is 11.1 Å². The molecule has 0 unspecified atom stereocenters. The molecule has 0 aromatic heterocycles. The largest absolute Gasteiger partial charge is 0.460 e. The van der Waals surface area contributed by atoms with Crippen LogP contribution in [0.1, 0.15) is 17.3 Å². The van der Waals surface area contributed by atoms with Crippen LogP contribution < -0.4 is 10.2 Å². The van der Waals surface area contributed by atoms with Crippen molar-refractivity contribution in [2.45, 2.75) is 6.92 Å². The van der Waals surface area contributed by atoms with Gasteiger partial charge in [-0.25, -0.2) is 4.79 Å². The number of amides is 1. The van der Waals surface area contributed by atoms with E-state index < -0.39 is 5.97 Å². The lowest BCUT2D eigenvalue weighted by Gasteiger charge is -2.25. The van der Waals surface area contributed by atoms with Gasteiger partial charge in [0.25, 0.3) is 5.91 Å². The van der Waals surface area contributed by atoms with Crippen molar-refractivity contribution in [3.05, 3.63) is 103 Å². The number of carbonyl (C=O) groups excluding carboxylic acids is 2. The molecule has 1 N–H and O–H groups in total. The number of ether oxygens (including phenoxy) is 1. The fraction of sp³-hybridized carbons (Fsp3) is 0.120. The van der Waals surface area contributed by atoms with Gasteiger partial charge in [-0.3, -0.25) is 4.79 Å². The fourth-order valence-electron chi connectivity index (χ4n) is 2.90. The summed E-state index contributed by atoms with van der Waals surface area (Å²) in [7, 11) is 0. The highest BCUT2D eigenvalue weighted by Crippen LogP contribution is 2.33. The molecule has 3 aromatic carbocycles. The third kappa shape index (κ3) is 5.35. The van der Waals surface area contributed by atoms with Crippen molar-refractivity contribution in [3.63, 3.8) is 0 Å². The van der Waals surface area contributed by atoms with Gasteiger partial charge < -0.3 is 15.0 Å². The first-order chi connectivity index (χ1) is 14.6. The van der Waals surface area contributed by atoms with Gasteiger partial charge in [0.2, 0.25) is 0 Å². The predicted molar refractivity (Wildman–Crippen MR) is 119 cm³/mol. The molecule has 0 fully saturated rings. The summed E-state index contributed by atoms with van der Waals surface area (Å²) in [5, 5.41) is 2.75. The molecule has 3 aromatic rings. The maximum atomic E-state index is 12.4. The highest BCUT2D eigenvalue weighted by molar-refractivity contribution is 5.95. The fourth-order valence-corrected chi connectivity index (χ4v) is 2.90. The minimum absolute atomic E-state index is 0.102. The molecule has 152 valence electrons. The Balaban J connectivity index is 1.70. The first-order valence-electron chi connectivity index (χ1n) is 9.67. The van der Waals surface area contributed by atoms with Crippen LogP contribution in [0.4, 0.5) is 17.1 Å². The van der Waals surface area contributed by atoms with E-state index in [1.54, 1.807) is 19.1 Å². The van der Waals surface area contributed by atoms with Gasteiger partial charge >= 0.3 is 5.97 Å². The summed E-state index contributed by atoms with van der Waals surface area (Å²) in [5.41, 5.74) is 3.86. The molecule has 0 saturated heterocycles. The maximum absolute atomic E-state index is 12.4. The minimum atomic E-state index is -0.462. The lowest BCUT2D eigenvalue weighted by atomic mass is 10.1. The highest BCUT2D eigenvalue weighted by atomic mass is 16.5. The van der Waals surface area contributed by atoms with Gasteiger partial charge in [0, 0.05) is 28.2 Å². The Hall–Kier alpha value is -3.86. The van der Waals surface area contributed by atoms with E-state index in [1.165, 1.54) is 0 Å². The number of nitrogens with one attached hydrogen (secondary N) is 1. The van der Waals surface area contributed by atoms with Crippen LogP contribution in [0.15, 0.2) is 97.1 Å². The summed E-state index contributed by atoms with van der Waals surface area (Å²) < 4.78 is 4.98. The number of anilines is 3. The molecule has 1 amide bonds. The summed E-state index contributed by atoms with van der Waals surface area (Å²) in [5.74, 6) is -0.686. The molecule has 0 spiro atoms. The second-order valence-corrected chi connectivity index (χ2v) is 6.73. The number of nitrogens with zero attached hydrogens (tertiary/aromatic N) is 1. The number of rotatable bonds is 8. The Bertz CT molecular complexity index is 960. The topological polar surface area (TPSA) is 58.6 Å². The minimum Gasteiger partial charge on any atom is -0.460 e. The van der Waals surface area contributed by atoms with Gasteiger partial charge in [-0.2, -0.15) is 0 Å². The van der Waals surface area contributed by atoms with Gasteiger partial charge in [-0.1, -0.05) is 43.0 Å². The van der Waals surface area contributed by atoms with Crippen molar-refractivity contribution in [2.24, 2.45) is 0 Å². The van der Waals surface area contributed by atoms with Gasteiger partial charge in [0.05, 0.1) is 6.54 Å². The van der Waals surface area contributed by atoms with E-state index >= 15 is 0 Å². The van der Waals surface area contributed by atoms with Crippen LogP contribution in [-0.4, -0.2) is 25.0 Å². The molecular weight excluding hydrogens is 376 g/mol. The van der Waals surface area contributed by atoms with Crippen LogP contribution in [0, 0.1) is 0 Å². The lowest BCUT2D eigenvalue weighted by Crippen LogP contribution is -2.28. The molecule has 0 aliphatic rings. The third-order valence-corrected chi connectivity index (χ3v) is 4.39. The van der Waals surface area contributed by atoms with Crippen molar-refractivity contribution in [2.75, 3.05) is 18.1 Å². The van der Waals surface area contributed by atoms with E-state index in [1.807, 2.05) is 72.8 Å². The second kappa shape index (κ2) is 10.1. The van der Waals surface area contributed by atoms with Gasteiger partial charge in [-0.15, -0.1) is 0 Å². The second-order valence-electron chi connectivity index (χ2n) is 6.73. The van der Waals surface area contributed by atoms with E-state index in [9.17, 15) is 9.59 Å². The quantitative estimate of drug-likeness (QED) is 0.328. The molecule has 30 heavy (non-hydrogen) atoms. The summed E-state index contributed by atoms with van der Waals surface area (Å²) in [6.45, 7) is 5.44. The Kier molecular flexibility index (Phi) is 7.00. The molecule has 5 heteroatoms. The monoisotopic (exact) mass is 400 g/mol. The lowest BCUT2D eigenvalue weighted by molar-refractivity contribution is -0.138. The standard InChI is InChI=1S/C25H24N2O3/c1-19(2)25(29)30-18-17-26-24(28)20-13-15-23(16-14-20)27(21-9-5-3-6-10-21)22-11-7-4-8-12-22/h3-16H,1,17-18H2,2H3,(H,26,28). The summed E-state index contributed by atoms with van der Waals surface area (Å²) in [4.78, 5) is 25.8. The van der Waals surface area contributed by atoms with Gasteiger partial charge in [0.1, 0.15) is 6.61 Å². The van der Waals surface area contributed by atoms with Crippen molar-refractivity contribution < 1.29 is 14.3 Å². The summed E-state index contributed by atoms with van der Waals surface area (Å²) >= 11 is 0. The first kappa shape index (κ1) is 20.9. The number of benzene rings is 3. The molecule has 0 atom stereocenters. The van der Waals surface area contributed by atoms with Gasteiger partial charge in [0.15, 0.2) is 0 Å². The number of hydrogen-bond acceptors (Lipinski definition) is 4. The highest BCUT2D eigenvalue weighted by Gasteiger charge is 2.13. The molecule has 0 heterocycles. The summed E-state index contributed by atoms with van der Waals surface area (Å²) in [6, 6.07) is 27.5. The zero-order chi connectivity index (χ0) is 21.3. The number of hydrogen-bond donors (Lipinski definition) is 1. The van der Waals surface area contributed by atoms with Crippen molar-refractivity contribution >= 4 is 28.9 Å². The normalized spacial score (nSPS) is 10.2. The van der Waals surface area contributed by atoms with Crippen LogP contribution in [0.5, 0.6) is 0 Å². The average molecular weight is 400 g/mol. The SMILES string of the molecule is C=C(C)C(=O)OCCNC(=O)c1ccc(N(c2ccccc2)c2ccccc2)cc1. The van der Waals surface area contributed by atoms with Crippen LogP contribution in [-0.2, 0) is 9.53 Å². The number of para-hydroxylation sites is 2. The van der Waals surface area contributed by atoms with Crippen LogP contribution >= 0.6 is 0 Å². The molecule has 0 saturated carbocycles. The van der Waals surface area contributed by atoms with Crippen LogP contribution in [0.2, 0.25) is 0 Å². The Labute approximate surface area is 176 Å². The average Bonchev–Trinajstić information content (AvgIpc) is 2.78. The molecule has 5 nitrogen and oxygen atoms in total. The molecular formula is C25H24N2O3. The Morgan fingerprint density at radius 1 is 0.833 bits per heavy atom. The molecule has 0 aliphatic carbocycles. The maximum Gasteiger partial charge on any atom is 0.333 e. The third-order valence-electron chi connectivity index (χ3n) is 4.39. The molecule has 3 rings (SSSR count). The van der Waals surface area contributed by atoms with Crippen LogP contribution in [0.25, 0.3) is 0 Å². The first-order valence-corrected chi connectivity index (χ1v) is 9.67. The molecule has 0 aliphatic heterocycles. The summed E-state index contributed by atoms with van der Waals surface area (Å²) in [6.07, 6.45) is 0. The zero-order valence-corrected chi connectivity index (χ0v) is 16.9. The predicted octanol–water partition coefficient (Wildman–Crippen LogP) is 5.01. The zero-order valence-electron chi connectivity index (χ0n) is 16.9. The van der Waals surface area contributed by atoms with E-state index in [-0.39, 0.29) is 19.1 Å². The molecule has 0 bridgehead atoms.